The largest absolute Gasteiger partial charge is 0.497 e. The van der Waals surface area contributed by atoms with Crippen molar-refractivity contribution in [2.45, 2.75) is 0 Å². The van der Waals surface area contributed by atoms with Gasteiger partial charge in [-0.1, -0.05) is 15.9 Å². The van der Waals surface area contributed by atoms with Gasteiger partial charge in [0, 0.05) is 21.3 Å². The normalized spacial score (nSPS) is 9.90. The van der Waals surface area contributed by atoms with Gasteiger partial charge in [0.25, 0.3) is 5.91 Å². The minimum Gasteiger partial charge on any atom is -0.497 e. The minimum absolute atomic E-state index is 0.242. The van der Waals surface area contributed by atoms with Crippen LogP contribution in [0.3, 0.4) is 0 Å². The number of carbonyl (C=O) groups is 2. The highest BCUT2D eigenvalue weighted by atomic mass is 79.9. The van der Waals surface area contributed by atoms with Crippen molar-refractivity contribution >= 4 is 33.8 Å². The average Bonchev–Trinajstić information content (AvgIpc) is 2.48. The van der Waals surface area contributed by atoms with Crippen LogP contribution in [0.15, 0.2) is 46.9 Å². The molecule has 0 aliphatic carbocycles. The Bertz CT molecular complexity index is 638. The van der Waals surface area contributed by atoms with E-state index in [-0.39, 0.29) is 5.91 Å². The van der Waals surface area contributed by atoms with Gasteiger partial charge < -0.3 is 10.1 Å². The molecule has 5 heteroatoms. The van der Waals surface area contributed by atoms with Gasteiger partial charge >= 0.3 is 0 Å². The topological polar surface area (TPSA) is 55.4 Å². The molecule has 0 heterocycles. The molecule has 0 spiro atoms. The van der Waals surface area contributed by atoms with Gasteiger partial charge in [-0.2, -0.15) is 0 Å². The molecule has 1 N–H and O–H groups in total. The summed E-state index contributed by atoms with van der Waals surface area (Å²) in [5.41, 5.74) is 1.65. The standard InChI is InChI=1S/C15H12BrNO3/c1-20-13-6-4-12(5-7-13)17-15(19)10-2-3-11(9-18)14(16)8-10/h2-9H,1H3,(H,17,19). The van der Waals surface area contributed by atoms with Crippen LogP contribution in [-0.2, 0) is 0 Å². The number of anilines is 1. The predicted molar refractivity (Wildman–Crippen MR) is 80.5 cm³/mol. The first-order valence-electron chi connectivity index (χ1n) is 5.84. The molecule has 0 fully saturated rings. The van der Waals surface area contributed by atoms with E-state index in [1.807, 2.05) is 0 Å². The SMILES string of the molecule is COc1ccc(NC(=O)c2ccc(C=O)c(Br)c2)cc1. The Labute approximate surface area is 124 Å². The third kappa shape index (κ3) is 3.24. The van der Waals surface area contributed by atoms with Crippen LogP contribution in [0.1, 0.15) is 20.7 Å². The molecule has 2 rings (SSSR count). The summed E-state index contributed by atoms with van der Waals surface area (Å²) in [6.07, 6.45) is 0.731. The highest BCUT2D eigenvalue weighted by molar-refractivity contribution is 9.10. The van der Waals surface area contributed by atoms with Gasteiger partial charge in [-0.25, -0.2) is 0 Å². The van der Waals surface area contributed by atoms with Gasteiger partial charge in [-0.15, -0.1) is 0 Å². The molecule has 0 aromatic heterocycles. The van der Waals surface area contributed by atoms with Crippen LogP contribution in [0, 0.1) is 0 Å². The zero-order valence-corrected chi connectivity index (χ0v) is 12.3. The van der Waals surface area contributed by atoms with Crippen LogP contribution in [0.4, 0.5) is 5.69 Å². The summed E-state index contributed by atoms with van der Waals surface area (Å²) in [5.74, 6) is 0.481. The summed E-state index contributed by atoms with van der Waals surface area (Å²) in [6, 6.07) is 11.9. The average molecular weight is 334 g/mol. The molecule has 102 valence electrons. The maximum Gasteiger partial charge on any atom is 0.255 e. The van der Waals surface area contributed by atoms with Gasteiger partial charge in [-0.3, -0.25) is 9.59 Å². The summed E-state index contributed by atoms with van der Waals surface area (Å²) in [6.45, 7) is 0. The van der Waals surface area contributed by atoms with Crippen LogP contribution in [0.2, 0.25) is 0 Å². The van der Waals surface area contributed by atoms with Gasteiger partial charge in [0.1, 0.15) is 5.75 Å². The lowest BCUT2D eigenvalue weighted by atomic mass is 10.1. The molecule has 0 unspecified atom stereocenters. The van der Waals surface area contributed by atoms with Crippen molar-refractivity contribution in [3.63, 3.8) is 0 Å². The number of methoxy groups -OCH3 is 1. The molecule has 20 heavy (non-hydrogen) atoms. The number of rotatable bonds is 4. The first kappa shape index (κ1) is 14.3. The zero-order valence-electron chi connectivity index (χ0n) is 10.7. The zero-order chi connectivity index (χ0) is 14.5. The van der Waals surface area contributed by atoms with E-state index in [0.717, 1.165) is 12.0 Å². The Morgan fingerprint density at radius 2 is 1.90 bits per heavy atom. The molecule has 0 bridgehead atoms. The Hall–Kier alpha value is -2.14. The molecule has 0 aliphatic rings. The molecule has 0 saturated carbocycles. The fourth-order valence-electron chi connectivity index (χ4n) is 1.64. The van der Waals surface area contributed by atoms with E-state index in [1.165, 1.54) is 0 Å². The van der Waals surface area contributed by atoms with Crippen LogP contribution in [0.5, 0.6) is 5.75 Å². The quantitative estimate of drug-likeness (QED) is 0.871. The number of aldehydes is 1. The Kier molecular flexibility index (Phi) is 4.53. The maximum atomic E-state index is 12.1. The highest BCUT2D eigenvalue weighted by Crippen LogP contribution is 2.19. The molecule has 0 aliphatic heterocycles. The molecule has 4 nitrogen and oxygen atoms in total. The monoisotopic (exact) mass is 333 g/mol. The second-order valence-corrected chi connectivity index (χ2v) is 4.89. The molecular formula is C15H12BrNO3. The van der Waals surface area contributed by atoms with E-state index >= 15 is 0 Å². The Morgan fingerprint density at radius 3 is 2.45 bits per heavy atom. The molecule has 2 aromatic rings. The first-order valence-corrected chi connectivity index (χ1v) is 6.63. The van der Waals surface area contributed by atoms with Crippen molar-refractivity contribution in [1.82, 2.24) is 0 Å². The van der Waals surface area contributed by atoms with Crippen molar-refractivity contribution in [2.75, 3.05) is 12.4 Å². The number of ether oxygens (including phenoxy) is 1. The lowest BCUT2D eigenvalue weighted by Gasteiger charge is -2.07. The number of nitrogens with one attached hydrogen (secondary N) is 1. The lowest BCUT2D eigenvalue weighted by molar-refractivity contribution is 0.102. The van der Waals surface area contributed by atoms with E-state index < -0.39 is 0 Å². The van der Waals surface area contributed by atoms with Gasteiger partial charge in [0.2, 0.25) is 0 Å². The molecule has 0 saturated heterocycles. The van der Waals surface area contributed by atoms with Crippen molar-refractivity contribution in [3.05, 3.63) is 58.1 Å². The van der Waals surface area contributed by atoms with Crippen LogP contribution in [0.25, 0.3) is 0 Å². The number of hydrogen-bond acceptors (Lipinski definition) is 3. The number of hydrogen-bond donors (Lipinski definition) is 1. The number of benzene rings is 2. The fourth-order valence-corrected chi connectivity index (χ4v) is 2.11. The minimum atomic E-state index is -0.242. The first-order chi connectivity index (χ1) is 9.63. The van der Waals surface area contributed by atoms with E-state index in [1.54, 1.807) is 49.6 Å². The van der Waals surface area contributed by atoms with Crippen LogP contribution >= 0.6 is 15.9 Å². The number of halogens is 1. The number of amides is 1. The molecule has 0 atom stereocenters. The molecule has 1 amide bonds. The summed E-state index contributed by atoms with van der Waals surface area (Å²) < 4.78 is 5.64. The van der Waals surface area contributed by atoms with Gasteiger partial charge in [-0.05, 0) is 42.5 Å². The summed E-state index contributed by atoms with van der Waals surface area (Å²) >= 11 is 3.25. The summed E-state index contributed by atoms with van der Waals surface area (Å²) in [7, 11) is 1.58. The predicted octanol–water partition coefficient (Wildman–Crippen LogP) is 3.52. The third-order valence-electron chi connectivity index (χ3n) is 2.74. The maximum absolute atomic E-state index is 12.1. The molecule has 2 aromatic carbocycles. The smallest absolute Gasteiger partial charge is 0.255 e. The van der Waals surface area contributed by atoms with Crippen molar-refractivity contribution < 1.29 is 14.3 Å². The lowest BCUT2D eigenvalue weighted by Crippen LogP contribution is -2.12. The summed E-state index contributed by atoms with van der Waals surface area (Å²) in [5, 5.41) is 2.77. The second kappa shape index (κ2) is 6.34. The summed E-state index contributed by atoms with van der Waals surface area (Å²) in [4.78, 5) is 22.8. The van der Waals surface area contributed by atoms with E-state index in [0.29, 0.717) is 21.3 Å². The van der Waals surface area contributed by atoms with Gasteiger partial charge in [0.15, 0.2) is 6.29 Å². The van der Waals surface area contributed by atoms with Crippen molar-refractivity contribution in [2.24, 2.45) is 0 Å². The van der Waals surface area contributed by atoms with Gasteiger partial charge in [0.05, 0.1) is 7.11 Å². The second-order valence-electron chi connectivity index (χ2n) is 4.04. The molecular weight excluding hydrogens is 322 g/mol. The third-order valence-corrected chi connectivity index (χ3v) is 3.42. The van der Waals surface area contributed by atoms with Crippen molar-refractivity contribution in [1.29, 1.82) is 0 Å². The van der Waals surface area contributed by atoms with E-state index in [9.17, 15) is 9.59 Å². The van der Waals surface area contributed by atoms with Crippen LogP contribution < -0.4 is 10.1 Å². The Balaban J connectivity index is 2.14. The number of carbonyl (C=O) groups excluding carboxylic acids is 2. The van der Waals surface area contributed by atoms with E-state index in [4.69, 9.17) is 4.74 Å². The van der Waals surface area contributed by atoms with Crippen molar-refractivity contribution in [3.8, 4) is 5.75 Å². The van der Waals surface area contributed by atoms with E-state index in [2.05, 4.69) is 21.2 Å². The molecule has 0 radical (unpaired) electrons. The Morgan fingerprint density at radius 1 is 1.20 bits per heavy atom. The highest BCUT2D eigenvalue weighted by Gasteiger charge is 2.08. The fraction of sp³-hybridized carbons (Fsp3) is 0.0667. The van der Waals surface area contributed by atoms with Crippen LogP contribution in [-0.4, -0.2) is 19.3 Å².